The standard InChI is InChI=1S/C20H26N2OS/c1-22(2)24-19-14-12-18(13-15-19)16-21-20(23)11-7-6-10-17-8-4-3-5-9-17/h3-5,8-9,12-15H,6-7,10-11,16H2,1-2H3,(H,21,23). The summed E-state index contributed by atoms with van der Waals surface area (Å²) in [6, 6.07) is 18.7. The van der Waals surface area contributed by atoms with Crippen LogP contribution in [0.3, 0.4) is 0 Å². The van der Waals surface area contributed by atoms with Crippen molar-refractivity contribution in [3.63, 3.8) is 0 Å². The Balaban J connectivity index is 1.62. The third-order valence-corrected chi connectivity index (χ3v) is 4.51. The number of carbonyl (C=O) groups excluding carboxylic acids is 1. The second kappa shape index (κ2) is 10.2. The van der Waals surface area contributed by atoms with E-state index in [4.69, 9.17) is 0 Å². The third-order valence-electron chi connectivity index (χ3n) is 3.66. The van der Waals surface area contributed by atoms with Crippen molar-refractivity contribution in [1.29, 1.82) is 0 Å². The van der Waals surface area contributed by atoms with Crippen LogP contribution < -0.4 is 5.32 Å². The Hall–Kier alpha value is -1.78. The number of nitrogens with zero attached hydrogens (tertiary/aromatic N) is 1. The number of nitrogens with one attached hydrogen (secondary N) is 1. The molecule has 2 aromatic carbocycles. The van der Waals surface area contributed by atoms with E-state index in [2.05, 4.69) is 58.2 Å². The highest BCUT2D eigenvalue weighted by Gasteiger charge is 2.02. The van der Waals surface area contributed by atoms with Crippen molar-refractivity contribution in [2.75, 3.05) is 14.1 Å². The summed E-state index contributed by atoms with van der Waals surface area (Å²) in [6.45, 7) is 0.602. The van der Waals surface area contributed by atoms with E-state index in [-0.39, 0.29) is 5.91 Å². The Morgan fingerprint density at radius 3 is 2.33 bits per heavy atom. The Kier molecular flexibility index (Phi) is 7.86. The number of aryl methyl sites for hydroxylation is 1. The second-order valence-electron chi connectivity index (χ2n) is 6.02. The summed E-state index contributed by atoms with van der Waals surface area (Å²) in [5.74, 6) is 0.134. The summed E-state index contributed by atoms with van der Waals surface area (Å²) in [7, 11) is 4.05. The predicted octanol–water partition coefficient (Wildman–Crippen LogP) is 4.28. The van der Waals surface area contributed by atoms with E-state index in [0.717, 1.165) is 24.8 Å². The zero-order valence-corrected chi connectivity index (χ0v) is 15.3. The fraction of sp³-hybridized carbons (Fsp3) is 0.350. The maximum Gasteiger partial charge on any atom is 0.220 e. The van der Waals surface area contributed by atoms with Crippen LogP contribution in [0.1, 0.15) is 30.4 Å². The van der Waals surface area contributed by atoms with Crippen LogP contribution in [-0.4, -0.2) is 24.3 Å². The second-order valence-corrected chi connectivity index (χ2v) is 7.40. The van der Waals surface area contributed by atoms with Crippen molar-refractivity contribution in [3.05, 3.63) is 65.7 Å². The molecule has 0 saturated carbocycles. The number of rotatable bonds is 9. The van der Waals surface area contributed by atoms with Crippen molar-refractivity contribution in [1.82, 2.24) is 9.62 Å². The number of amides is 1. The van der Waals surface area contributed by atoms with Gasteiger partial charge in [-0.1, -0.05) is 42.5 Å². The first-order valence-electron chi connectivity index (χ1n) is 8.38. The summed E-state index contributed by atoms with van der Waals surface area (Å²) in [5.41, 5.74) is 2.48. The topological polar surface area (TPSA) is 32.3 Å². The van der Waals surface area contributed by atoms with E-state index in [0.29, 0.717) is 13.0 Å². The molecule has 0 fully saturated rings. The van der Waals surface area contributed by atoms with E-state index in [1.54, 1.807) is 11.9 Å². The molecule has 0 spiro atoms. The molecule has 0 radical (unpaired) electrons. The minimum atomic E-state index is 0.134. The van der Waals surface area contributed by atoms with Crippen molar-refractivity contribution >= 4 is 17.9 Å². The summed E-state index contributed by atoms with van der Waals surface area (Å²) in [6.07, 6.45) is 3.62. The lowest BCUT2D eigenvalue weighted by atomic mass is 10.1. The molecule has 1 N–H and O–H groups in total. The number of hydrogen-bond acceptors (Lipinski definition) is 3. The van der Waals surface area contributed by atoms with Gasteiger partial charge in [0.25, 0.3) is 0 Å². The van der Waals surface area contributed by atoms with Crippen molar-refractivity contribution in [2.24, 2.45) is 0 Å². The summed E-state index contributed by atoms with van der Waals surface area (Å²) in [5, 5.41) is 3.00. The quantitative estimate of drug-likeness (QED) is 0.545. The molecule has 2 aromatic rings. The van der Waals surface area contributed by atoms with Crippen LogP contribution in [0.2, 0.25) is 0 Å². The van der Waals surface area contributed by atoms with Crippen molar-refractivity contribution < 1.29 is 4.79 Å². The molecule has 0 aromatic heterocycles. The number of carbonyl (C=O) groups is 1. The molecule has 0 atom stereocenters. The van der Waals surface area contributed by atoms with Gasteiger partial charge in [-0.15, -0.1) is 0 Å². The van der Waals surface area contributed by atoms with Crippen LogP contribution in [0.15, 0.2) is 59.5 Å². The maximum absolute atomic E-state index is 11.9. The first kappa shape index (κ1) is 18.6. The Morgan fingerprint density at radius 1 is 0.958 bits per heavy atom. The highest BCUT2D eigenvalue weighted by molar-refractivity contribution is 7.97. The van der Waals surface area contributed by atoms with Gasteiger partial charge in [0.2, 0.25) is 5.91 Å². The van der Waals surface area contributed by atoms with Crippen LogP contribution in [0, 0.1) is 0 Å². The van der Waals surface area contributed by atoms with Crippen LogP contribution >= 0.6 is 11.9 Å². The van der Waals surface area contributed by atoms with Gasteiger partial charge in [-0.3, -0.25) is 9.10 Å². The molecule has 1 amide bonds. The van der Waals surface area contributed by atoms with Gasteiger partial charge in [-0.05, 0) is 68.6 Å². The van der Waals surface area contributed by atoms with Crippen LogP contribution in [0.4, 0.5) is 0 Å². The molecular formula is C20H26N2OS. The highest BCUT2D eigenvalue weighted by atomic mass is 32.2. The smallest absolute Gasteiger partial charge is 0.220 e. The first-order valence-corrected chi connectivity index (χ1v) is 9.15. The molecule has 2 rings (SSSR count). The fourth-order valence-corrected chi connectivity index (χ4v) is 3.11. The predicted molar refractivity (Wildman–Crippen MR) is 102 cm³/mol. The molecule has 0 unspecified atom stereocenters. The molecule has 0 aliphatic heterocycles. The van der Waals surface area contributed by atoms with E-state index in [1.807, 2.05) is 20.2 Å². The summed E-state index contributed by atoms with van der Waals surface area (Å²) < 4.78 is 2.06. The van der Waals surface area contributed by atoms with Gasteiger partial charge in [0.15, 0.2) is 0 Å². The van der Waals surface area contributed by atoms with Gasteiger partial charge in [-0.2, -0.15) is 0 Å². The van der Waals surface area contributed by atoms with Crippen molar-refractivity contribution in [2.45, 2.75) is 37.1 Å². The van der Waals surface area contributed by atoms with E-state index >= 15 is 0 Å². The van der Waals surface area contributed by atoms with Crippen LogP contribution in [0.5, 0.6) is 0 Å². The van der Waals surface area contributed by atoms with Gasteiger partial charge >= 0.3 is 0 Å². The number of benzene rings is 2. The van der Waals surface area contributed by atoms with Gasteiger partial charge in [0.1, 0.15) is 0 Å². The lowest BCUT2D eigenvalue weighted by molar-refractivity contribution is -0.121. The van der Waals surface area contributed by atoms with Gasteiger partial charge in [-0.25, -0.2) is 0 Å². The Bertz CT molecular complexity index is 611. The zero-order valence-electron chi connectivity index (χ0n) is 14.5. The lowest BCUT2D eigenvalue weighted by Crippen LogP contribution is -2.22. The molecule has 0 aliphatic rings. The molecule has 0 heterocycles. The largest absolute Gasteiger partial charge is 0.352 e. The third kappa shape index (κ3) is 7.20. The van der Waals surface area contributed by atoms with E-state index in [9.17, 15) is 4.79 Å². The Morgan fingerprint density at radius 2 is 1.67 bits per heavy atom. The fourth-order valence-electron chi connectivity index (χ4n) is 2.43. The Labute approximate surface area is 149 Å². The first-order chi connectivity index (χ1) is 11.6. The SMILES string of the molecule is CN(C)Sc1ccc(CNC(=O)CCCCc2ccccc2)cc1. The van der Waals surface area contributed by atoms with Crippen LogP contribution in [0.25, 0.3) is 0 Å². The van der Waals surface area contributed by atoms with Crippen LogP contribution in [-0.2, 0) is 17.8 Å². The molecular weight excluding hydrogens is 316 g/mol. The van der Waals surface area contributed by atoms with Gasteiger partial charge in [0.05, 0.1) is 0 Å². The molecule has 0 bridgehead atoms. The van der Waals surface area contributed by atoms with E-state index < -0.39 is 0 Å². The van der Waals surface area contributed by atoms with E-state index in [1.165, 1.54) is 10.5 Å². The average molecular weight is 343 g/mol. The summed E-state index contributed by atoms with van der Waals surface area (Å²) in [4.78, 5) is 13.1. The molecule has 0 saturated heterocycles. The minimum absolute atomic E-state index is 0.134. The normalized spacial score (nSPS) is 10.8. The molecule has 3 nitrogen and oxygen atoms in total. The molecule has 4 heteroatoms. The molecule has 128 valence electrons. The summed E-state index contributed by atoms with van der Waals surface area (Å²) >= 11 is 1.69. The number of hydrogen-bond donors (Lipinski definition) is 1. The highest BCUT2D eigenvalue weighted by Crippen LogP contribution is 2.19. The zero-order chi connectivity index (χ0) is 17.2. The van der Waals surface area contributed by atoms with Gasteiger partial charge < -0.3 is 5.32 Å². The minimum Gasteiger partial charge on any atom is -0.352 e. The molecule has 24 heavy (non-hydrogen) atoms. The monoisotopic (exact) mass is 342 g/mol. The molecule has 0 aliphatic carbocycles. The maximum atomic E-state index is 11.9. The van der Waals surface area contributed by atoms with Crippen molar-refractivity contribution in [3.8, 4) is 0 Å². The van der Waals surface area contributed by atoms with Gasteiger partial charge in [0, 0.05) is 17.9 Å². The average Bonchev–Trinajstić information content (AvgIpc) is 2.58. The lowest BCUT2D eigenvalue weighted by Gasteiger charge is -2.09. The number of unbranched alkanes of at least 4 members (excludes halogenated alkanes) is 1.